The zero-order chi connectivity index (χ0) is 13.1. The van der Waals surface area contributed by atoms with Gasteiger partial charge in [-0.05, 0) is 24.7 Å². The summed E-state index contributed by atoms with van der Waals surface area (Å²) in [6.45, 7) is 6.51. The highest BCUT2D eigenvalue weighted by Gasteiger charge is 2.24. The van der Waals surface area contributed by atoms with Gasteiger partial charge in [-0.25, -0.2) is 9.97 Å². The predicted molar refractivity (Wildman–Crippen MR) is 72.8 cm³/mol. The molecule has 0 aromatic carbocycles. The molecule has 1 fully saturated rings. The number of nitrogens with one attached hydrogen (secondary N) is 1. The van der Waals surface area contributed by atoms with E-state index >= 15 is 0 Å². The normalized spacial score (nSPS) is 17.2. The first-order valence-corrected chi connectivity index (χ1v) is 6.50. The Bertz CT molecular complexity index is 421. The number of rotatable bonds is 3. The summed E-state index contributed by atoms with van der Waals surface area (Å²) >= 11 is 0. The lowest BCUT2D eigenvalue weighted by Gasteiger charge is -2.35. The first kappa shape index (κ1) is 12.8. The monoisotopic (exact) mass is 247 g/mol. The first-order valence-electron chi connectivity index (χ1n) is 6.50. The Balaban J connectivity index is 2.12. The summed E-state index contributed by atoms with van der Waals surface area (Å²) in [6.07, 6.45) is 5.59. The van der Waals surface area contributed by atoms with E-state index in [-0.39, 0.29) is 5.84 Å². The molecule has 1 aliphatic rings. The number of amidine groups is 1. The molecule has 0 bridgehead atoms. The number of nitrogens with two attached hydrogens (primary N) is 1. The quantitative estimate of drug-likeness (QED) is 0.628. The summed E-state index contributed by atoms with van der Waals surface area (Å²) in [5.74, 6) is 2.27. The van der Waals surface area contributed by atoms with Crippen LogP contribution in [0.1, 0.15) is 32.4 Å². The highest BCUT2D eigenvalue weighted by Crippen LogP contribution is 2.27. The topological polar surface area (TPSA) is 78.9 Å². The molecule has 0 unspecified atom stereocenters. The van der Waals surface area contributed by atoms with Gasteiger partial charge in [0.05, 0.1) is 0 Å². The van der Waals surface area contributed by atoms with Crippen molar-refractivity contribution in [2.75, 3.05) is 18.0 Å². The highest BCUT2D eigenvalue weighted by molar-refractivity contribution is 5.97. The number of anilines is 1. The van der Waals surface area contributed by atoms with Crippen LogP contribution in [-0.4, -0.2) is 28.9 Å². The van der Waals surface area contributed by atoms with Crippen molar-refractivity contribution in [3.8, 4) is 0 Å². The van der Waals surface area contributed by atoms with Gasteiger partial charge in [0.15, 0.2) is 5.82 Å². The van der Waals surface area contributed by atoms with Crippen LogP contribution in [0.4, 0.5) is 5.82 Å². The van der Waals surface area contributed by atoms with Crippen LogP contribution in [0.5, 0.6) is 0 Å². The molecule has 0 aliphatic carbocycles. The maximum atomic E-state index is 7.55. The fourth-order valence-electron chi connectivity index (χ4n) is 2.53. The molecule has 1 saturated heterocycles. The smallest absolute Gasteiger partial charge is 0.158 e. The number of nitrogens with zero attached hydrogens (tertiary/aromatic N) is 3. The molecular weight excluding hydrogens is 226 g/mol. The second-order valence-corrected chi connectivity index (χ2v) is 5.21. The van der Waals surface area contributed by atoms with Crippen LogP contribution < -0.4 is 10.6 Å². The van der Waals surface area contributed by atoms with Gasteiger partial charge in [0.2, 0.25) is 0 Å². The lowest BCUT2D eigenvalue weighted by atomic mass is 9.87. The molecule has 5 heteroatoms. The van der Waals surface area contributed by atoms with Crippen molar-refractivity contribution in [1.29, 1.82) is 5.41 Å². The summed E-state index contributed by atoms with van der Waals surface area (Å²) in [5, 5.41) is 7.55. The Hall–Kier alpha value is -1.65. The van der Waals surface area contributed by atoms with Crippen LogP contribution in [-0.2, 0) is 0 Å². The number of piperidine rings is 1. The van der Waals surface area contributed by atoms with E-state index in [1.54, 1.807) is 12.4 Å². The van der Waals surface area contributed by atoms with Crippen LogP contribution in [0.15, 0.2) is 12.4 Å². The van der Waals surface area contributed by atoms with Gasteiger partial charge in [0.25, 0.3) is 0 Å². The van der Waals surface area contributed by atoms with Crippen molar-refractivity contribution in [3.63, 3.8) is 0 Å². The zero-order valence-corrected chi connectivity index (χ0v) is 11.1. The van der Waals surface area contributed by atoms with Gasteiger partial charge in [-0.2, -0.15) is 0 Å². The Kier molecular flexibility index (Phi) is 3.79. The minimum atomic E-state index is -0.0101. The fourth-order valence-corrected chi connectivity index (χ4v) is 2.53. The molecule has 18 heavy (non-hydrogen) atoms. The summed E-state index contributed by atoms with van der Waals surface area (Å²) in [7, 11) is 0. The van der Waals surface area contributed by atoms with Crippen LogP contribution in [0.2, 0.25) is 0 Å². The average Bonchev–Trinajstić information content (AvgIpc) is 2.39. The van der Waals surface area contributed by atoms with E-state index in [0.717, 1.165) is 30.7 Å². The van der Waals surface area contributed by atoms with Gasteiger partial charge in [0, 0.05) is 25.5 Å². The number of aromatic nitrogens is 2. The Morgan fingerprint density at radius 2 is 1.94 bits per heavy atom. The molecule has 0 radical (unpaired) electrons. The second-order valence-electron chi connectivity index (χ2n) is 5.21. The minimum Gasteiger partial charge on any atom is -0.382 e. The average molecular weight is 247 g/mol. The maximum absolute atomic E-state index is 7.55. The highest BCUT2D eigenvalue weighted by atomic mass is 15.2. The van der Waals surface area contributed by atoms with Gasteiger partial charge in [0.1, 0.15) is 11.5 Å². The van der Waals surface area contributed by atoms with E-state index in [0.29, 0.717) is 5.69 Å². The third-order valence-corrected chi connectivity index (χ3v) is 3.72. The molecule has 5 nitrogen and oxygen atoms in total. The lowest BCUT2D eigenvalue weighted by molar-refractivity contribution is 0.310. The van der Waals surface area contributed by atoms with E-state index in [1.807, 2.05) is 0 Å². The maximum Gasteiger partial charge on any atom is 0.158 e. The molecule has 0 atom stereocenters. The molecule has 1 aromatic rings. The van der Waals surface area contributed by atoms with Crippen molar-refractivity contribution < 1.29 is 0 Å². The molecular formula is C13H21N5. The van der Waals surface area contributed by atoms with Gasteiger partial charge >= 0.3 is 0 Å². The molecule has 3 N–H and O–H groups in total. The van der Waals surface area contributed by atoms with Crippen LogP contribution >= 0.6 is 0 Å². The Labute approximate surface area is 108 Å². The molecule has 1 aromatic heterocycles. The molecule has 2 rings (SSSR count). The minimum absolute atomic E-state index is 0.0101. The van der Waals surface area contributed by atoms with Gasteiger partial charge in [-0.15, -0.1) is 0 Å². The van der Waals surface area contributed by atoms with Crippen molar-refractivity contribution in [2.24, 2.45) is 17.6 Å². The Morgan fingerprint density at radius 3 is 2.50 bits per heavy atom. The predicted octanol–water partition coefficient (Wildman–Crippen LogP) is 1.63. The third-order valence-electron chi connectivity index (χ3n) is 3.72. The number of nitrogen functional groups attached to an aromatic ring is 1. The van der Waals surface area contributed by atoms with Crippen molar-refractivity contribution >= 4 is 11.7 Å². The number of hydrogen-bond donors (Lipinski definition) is 2. The van der Waals surface area contributed by atoms with Crippen molar-refractivity contribution in [1.82, 2.24) is 9.97 Å². The van der Waals surface area contributed by atoms with E-state index in [1.165, 1.54) is 12.8 Å². The van der Waals surface area contributed by atoms with E-state index in [2.05, 4.69) is 28.7 Å². The zero-order valence-electron chi connectivity index (χ0n) is 11.1. The lowest BCUT2D eigenvalue weighted by Crippen LogP contribution is -2.37. The van der Waals surface area contributed by atoms with Crippen LogP contribution in [0, 0.1) is 17.2 Å². The number of hydrogen-bond acceptors (Lipinski definition) is 4. The standard InChI is InChI=1S/C13H21N5/c1-9(2)10-3-7-18(8-4-10)13-11(12(14)15)16-5-6-17-13/h5-6,9-10H,3-4,7-8H2,1-2H3,(H3,14,15). The van der Waals surface area contributed by atoms with Gasteiger partial charge < -0.3 is 10.6 Å². The molecule has 2 heterocycles. The first-order chi connectivity index (χ1) is 8.59. The van der Waals surface area contributed by atoms with Crippen molar-refractivity contribution in [3.05, 3.63) is 18.1 Å². The molecule has 0 spiro atoms. The summed E-state index contributed by atoms with van der Waals surface area (Å²) < 4.78 is 0. The summed E-state index contributed by atoms with van der Waals surface area (Å²) in [6, 6.07) is 0. The largest absolute Gasteiger partial charge is 0.382 e. The van der Waals surface area contributed by atoms with Crippen LogP contribution in [0.25, 0.3) is 0 Å². The van der Waals surface area contributed by atoms with Crippen molar-refractivity contribution in [2.45, 2.75) is 26.7 Å². The molecule has 0 saturated carbocycles. The Morgan fingerprint density at radius 1 is 1.33 bits per heavy atom. The van der Waals surface area contributed by atoms with E-state index in [4.69, 9.17) is 11.1 Å². The third kappa shape index (κ3) is 2.60. The molecule has 1 aliphatic heterocycles. The summed E-state index contributed by atoms with van der Waals surface area (Å²) in [4.78, 5) is 10.7. The molecule has 98 valence electrons. The SMILES string of the molecule is CC(C)C1CCN(c2nccnc2C(=N)N)CC1. The molecule has 0 amide bonds. The van der Waals surface area contributed by atoms with E-state index < -0.39 is 0 Å². The van der Waals surface area contributed by atoms with Gasteiger partial charge in [-0.1, -0.05) is 13.8 Å². The second kappa shape index (κ2) is 5.33. The summed E-state index contributed by atoms with van der Waals surface area (Å²) in [5.41, 5.74) is 6.05. The van der Waals surface area contributed by atoms with E-state index in [9.17, 15) is 0 Å². The van der Waals surface area contributed by atoms with Crippen LogP contribution in [0.3, 0.4) is 0 Å². The fraction of sp³-hybridized carbons (Fsp3) is 0.615. The van der Waals surface area contributed by atoms with Gasteiger partial charge in [-0.3, -0.25) is 5.41 Å².